The molecule has 0 bridgehead atoms. The summed E-state index contributed by atoms with van der Waals surface area (Å²) in [5.74, 6) is 1.07. The summed E-state index contributed by atoms with van der Waals surface area (Å²) < 4.78 is 8.33. The maximum atomic E-state index is 5.82. The zero-order chi connectivity index (χ0) is 12.1. The molecule has 2 aliphatic rings. The first-order valence-corrected chi connectivity index (χ1v) is 6.83. The molecule has 0 fully saturated rings. The van der Waals surface area contributed by atoms with Crippen molar-refractivity contribution in [2.24, 2.45) is 0 Å². The van der Waals surface area contributed by atoms with Gasteiger partial charge in [-0.25, -0.2) is 0 Å². The van der Waals surface area contributed by atoms with E-state index >= 15 is 0 Å². The summed E-state index contributed by atoms with van der Waals surface area (Å²) in [4.78, 5) is 0. The SMILES string of the molecule is Cc1ccc2c3c1c1c(n3CCO2)CCNCC1. The molecule has 0 radical (unpaired) electrons. The lowest BCUT2D eigenvalue weighted by molar-refractivity contribution is 0.285. The van der Waals surface area contributed by atoms with E-state index in [1.165, 1.54) is 22.2 Å². The van der Waals surface area contributed by atoms with Gasteiger partial charge in [0.15, 0.2) is 0 Å². The highest BCUT2D eigenvalue weighted by atomic mass is 16.5. The maximum absolute atomic E-state index is 5.82. The van der Waals surface area contributed by atoms with Crippen LogP contribution in [0.5, 0.6) is 5.75 Å². The minimum atomic E-state index is 0.805. The molecule has 2 aliphatic heterocycles. The fourth-order valence-corrected chi connectivity index (χ4v) is 3.47. The third kappa shape index (κ3) is 1.28. The second-order valence-electron chi connectivity index (χ2n) is 5.28. The highest BCUT2D eigenvalue weighted by Gasteiger charge is 2.24. The molecule has 1 aromatic carbocycles. The third-order valence-corrected chi connectivity index (χ3v) is 4.26. The highest BCUT2D eigenvalue weighted by Crippen LogP contribution is 2.38. The van der Waals surface area contributed by atoms with E-state index in [4.69, 9.17) is 4.74 Å². The Labute approximate surface area is 107 Å². The monoisotopic (exact) mass is 242 g/mol. The van der Waals surface area contributed by atoms with Crippen molar-refractivity contribution in [3.63, 3.8) is 0 Å². The van der Waals surface area contributed by atoms with Gasteiger partial charge in [0.1, 0.15) is 12.4 Å². The van der Waals surface area contributed by atoms with Gasteiger partial charge >= 0.3 is 0 Å². The Morgan fingerprint density at radius 1 is 1.22 bits per heavy atom. The molecule has 0 spiro atoms. The van der Waals surface area contributed by atoms with Gasteiger partial charge in [0, 0.05) is 24.0 Å². The Kier molecular flexibility index (Phi) is 2.18. The standard InChI is InChI=1S/C15H18N2O/c1-10-2-3-13-15-14(10)11-4-6-16-7-5-12(11)17(15)8-9-18-13/h2-3,16H,4-9H2,1H3. The molecular formula is C15H18N2O. The molecule has 0 aliphatic carbocycles. The van der Waals surface area contributed by atoms with Crippen LogP contribution >= 0.6 is 0 Å². The molecule has 2 aromatic rings. The lowest BCUT2D eigenvalue weighted by atomic mass is 10.0. The summed E-state index contributed by atoms with van der Waals surface area (Å²) in [5, 5.41) is 4.95. The normalized spacial score (nSPS) is 18.3. The van der Waals surface area contributed by atoms with Gasteiger partial charge in [0.2, 0.25) is 0 Å². The van der Waals surface area contributed by atoms with E-state index in [1.54, 1.807) is 5.56 Å². The summed E-state index contributed by atoms with van der Waals surface area (Å²) in [7, 11) is 0. The number of benzene rings is 1. The fraction of sp³-hybridized carbons (Fsp3) is 0.467. The summed E-state index contributed by atoms with van der Waals surface area (Å²) in [6, 6.07) is 4.33. The van der Waals surface area contributed by atoms with Crippen molar-refractivity contribution in [1.82, 2.24) is 9.88 Å². The molecule has 18 heavy (non-hydrogen) atoms. The quantitative estimate of drug-likeness (QED) is 0.765. The van der Waals surface area contributed by atoms with Crippen LogP contribution in [0.1, 0.15) is 16.8 Å². The zero-order valence-corrected chi connectivity index (χ0v) is 10.8. The number of rotatable bonds is 0. The lowest BCUT2D eigenvalue weighted by Gasteiger charge is -2.19. The van der Waals surface area contributed by atoms with Gasteiger partial charge in [-0.15, -0.1) is 0 Å². The Bertz CT molecular complexity index is 627. The van der Waals surface area contributed by atoms with Crippen LogP contribution < -0.4 is 10.1 Å². The van der Waals surface area contributed by atoms with Crippen molar-refractivity contribution < 1.29 is 4.74 Å². The number of fused-ring (bicyclic) bond motifs is 3. The van der Waals surface area contributed by atoms with Crippen molar-refractivity contribution in [3.8, 4) is 5.75 Å². The van der Waals surface area contributed by atoms with E-state index in [1.807, 2.05) is 0 Å². The topological polar surface area (TPSA) is 26.2 Å². The van der Waals surface area contributed by atoms with Crippen LogP contribution in [0.3, 0.4) is 0 Å². The van der Waals surface area contributed by atoms with Gasteiger partial charge in [-0.05, 0) is 37.1 Å². The van der Waals surface area contributed by atoms with Gasteiger partial charge in [-0.3, -0.25) is 0 Å². The molecule has 4 rings (SSSR count). The van der Waals surface area contributed by atoms with Gasteiger partial charge in [0.05, 0.1) is 12.1 Å². The molecule has 0 saturated carbocycles. The third-order valence-electron chi connectivity index (χ3n) is 4.26. The first-order chi connectivity index (χ1) is 8.86. The molecular weight excluding hydrogens is 224 g/mol. The molecule has 3 heterocycles. The average Bonchev–Trinajstić information content (AvgIpc) is 2.57. The maximum Gasteiger partial charge on any atom is 0.143 e. The molecule has 0 atom stereocenters. The number of nitrogens with zero attached hydrogens (tertiary/aromatic N) is 1. The lowest BCUT2D eigenvalue weighted by Crippen LogP contribution is -2.19. The predicted molar refractivity (Wildman–Crippen MR) is 72.4 cm³/mol. The minimum absolute atomic E-state index is 0.805. The van der Waals surface area contributed by atoms with Crippen molar-refractivity contribution >= 4 is 10.9 Å². The first kappa shape index (κ1) is 10.4. The molecule has 0 saturated heterocycles. The van der Waals surface area contributed by atoms with Crippen molar-refractivity contribution in [2.75, 3.05) is 19.7 Å². The largest absolute Gasteiger partial charge is 0.490 e. The van der Waals surface area contributed by atoms with Crippen molar-refractivity contribution in [1.29, 1.82) is 0 Å². The molecule has 1 N–H and O–H groups in total. The minimum Gasteiger partial charge on any atom is -0.490 e. The molecule has 1 aromatic heterocycles. The summed E-state index contributed by atoms with van der Waals surface area (Å²) in [6.07, 6.45) is 2.28. The Hall–Kier alpha value is -1.48. The fourth-order valence-electron chi connectivity index (χ4n) is 3.47. The number of hydrogen-bond donors (Lipinski definition) is 1. The van der Waals surface area contributed by atoms with Crippen LogP contribution in [-0.2, 0) is 19.4 Å². The van der Waals surface area contributed by atoms with Crippen molar-refractivity contribution in [3.05, 3.63) is 29.0 Å². The summed E-state index contributed by atoms with van der Waals surface area (Å²) >= 11 is 0. The zero-order valence-electron chi connectivity index (χ0n) is 10.8. The van der Waals surface area contributed by atoms with Gasteiger partial charge < -0.3 is 14.6 Å². The van der Waals surface area contributed by atoms with Crippen LogP contribution in [0.15, 0.2) is 12.1 Å². The Morgan fingerprint density at radius 2 is 2.11 bits per heavy atom. The van der Waals surface area contributed by atoms with E-state index in [0.717, 1.165) is 44.8 Å². The summed E-state index contributed by atoms with van der Waals surface area (Å²) in [5.41, 5.74) is 5.82. The van der Waals surface area contributed by atoms with E-state index in [0.29, 0.717) is 0 Å². The van der Waals surface area contributed by atoms with Crippen molar-refractivity contribution in [2.45, 2.75) is 26.3 Å². The van der Waals surface area contributed by atoms with E-state index in [-0.39, 0.29) is 0 Å². The second-order valence-corrected chi connectivity index (χ2v) is 5.28. The number of hydrogen-bond acceptors (Lipinski definition) is 2. The summed E-state index contributed by atoms with van der Waals surface area (Å²) in [6.45, 7) is 6.22. The molecule has 0 amide bonds. The average molecular weight is 242 g/mol. The van der Waals surface area contributed by atoms with E-state index < -0.39 is 0 Å². The van der Waals surface area contributed by atoms with Crippen LogP contribution in [-0.4, -0.2) is 24.3 Å². The molecule has 94 valence electrons. The van der Waals surface area contributed by atoms with Gasteiger partial charge in [-0.2, -0.15) is 0 Å². The van der Waals surface area contributed by atoms with Crippen LogP contribution in [0.4, 0.5) is 0 Å². The van der Waals surface area contributed by atoms with E-state index in [2.05, 4.69) is 28.9 Å². The smallest absolute Gasteiger partial charge is 0.143 e. The Balaban J connectivity index is 2.13. The number of aryl methyl sites for hydroxylation is 1. The first-order valence-electron chi connectivity index (χ1n) is 6.83. The van der Waals surface area contributed by atoms with E-state index in [9.17, 15) is 0 Å². The molecule has 0 unspecified atom stereocenters. The van der Waals surface area contributed by atoms with Gasteiger partial charge in [0.25, 0.3) is 0 Å². The highest BCUT2D eigenvalue weighted by molar-refractivity contribution is 5.93. The van der Waals surface area contributed by atoms with Crippen LogP contribution in [0, 0.1) is 6.92 Å². The number of ether oxygens (including phenoxy) is 1. The number of nitrogens with one attached hydrogen (secondary N) is 1. The molecule has 3 heteroatoms. The Morgan fingerprint density at radius 3 is 3.06 bits per heavy atom. The molecule has 3 nitrogen and oxygen atoms in total. The second kappa shape index (κ2) is 3.75. The van der Waals surface area contributed by atoms with Crippen LogP contribution in [0.25, 0.3) is 10.9 Å². The van der Waals surface area contributed by atoms with Crippen LogP contribution in [0.2, 0.25) is 0 Å². The number of aromatic nitrogens is 1. The van der Waals surface area contributed by atoms with Gasteiger partial charge in [-0.1, -0.05) is 6.07 Å². The predicted octanol–water partition coefficient (Wildman–Crippen LogP) is 2.03.